The van der Waals surface area contributed by atoms with Crippen molar-refractivity contribution in [3.8, 4) is 23.3 Å². The van der Waals surface area contributed by atoms with Gasteiger partial charge in [-0.25, -0.2) is 0 Å². The number of benzene rings is 4. The molecule has 1 aliphatic rings. The topological polar surface area (TPSA) is 45.5 Å². The van der Waals surface area contributed by atoms with Crippen LogP contribution < -0.4 is 9.47 Å². The number of hydrogen-bond donors (Lipinski definition) is 0. The predicted molar refractivity (Wildman–Crippen MR) is 121 cm³/mol. The van der Waals surface area contributed by atoms with E-state index in [1.54, 1.807) is 0 Å². The third kappa shape index (κ3) is 4.53. The molecule has 152 valence electrons. The Hall–Kier alpha value is -3.81. The zero-order valence-electron chi connectivity index (χ0n) is 17.1. The average molecular weight is 406 g/mol. The molecular formula is C27H22N2O2. The van der Waals surface area contributed by atoms with Crippen molar-refractivity contribution in [1.82, 2.24) is 4.90 Å². The van der Waals surface area contributed by atoms with Gasteiger partial charge >= 0.3 is 0 Å². The Balaban J connectivity index is 1.13. The molecule has 0 aliphatic carbocycles. The summed E-state index contributed by atoms with van der Waals surface area (Å²) in [6.07, 6.45) is 0.205. The maximum absolute atomic E-state index is 9.03. The van der Waals surface area contributed by atoms with Gasteiger partial charge in [-0.2, -0.15) is 5.26 Å². The molecule has 1 fully saturated rings. The van der Waals surface area contributed by atoms with E-state index >= 15 is 0 Å². The summed E-state index contributed by atoms with van der Waals surface area (Å²) >= 11 is 0. The molecule has 0 N–H and O–H groups in total. The van der Waals surface area contributed by atoms with Crippen LogP contribution in [0, 0.1) is 11.3 Å². The fraction of sp³-hybridized carbons (Fsp3) is 0.148. The summed E-state index contributed by atoms with van der Waals surface area (Å²) in [5.41, 5.74) is 1.94. The van der Waals surface area contributed by atoms with Crippen molar-refractivity contribution in [2.45, 2.75) is 12.6 Å². The fourth-order valence-corrected chi connectivity index (χ4v) is 3.83. The minimum absolute atomic E-state index is 0.205. The van der Waals surface area contributed by atoms with Gasteiger partial charge in [0.1, 0.15) is 23.4 Å². The standard InChI is InChI=1S/C27H22N2O2/c28-16-21-6-9-23-15-26(13-10-22(23)14-21)31-27-18-29(19-27)17-20-7-11-25(12-8-20)30-24-4-2-1-3-5-24/h1-15,27H,17-19H2. The summed E-state index contributed by atoms with van der Waals surface area (Å²) in [7, 11) is 0. The van der Waals surface area contributed by atoms with E-state index in [1.165, 1.54) is 5.56 Å². The number of para-hydroxylation sites is 1. The second kappa shape index (κ2) is 8.51. The number of rotatable bonds is 6. The predicted octanol–water partition coefficient (Wildman–Crippen LogP) is 5.77. The van der Waals surface area contributed by atoms with Crippen molar-refractivity contribution in [1.29, 1.82) is 5.26 Å². The zero-order valence-corrected chi connectivity index (χ0v) is 17.1. The molecular weight excluding hydrogens is 384 g/mol. The molecule has 5 rings (SSSR count). The first-order valence-electron chi connectivity index (χ1n) is 10.4. The SMILES string of the molecule is N#Cc1ccc2cc(OC3CN(Cc4ccc(Oc5ccccc5)cc4)C3)ccc2c1. The first kappa shape index (κ1) is 19.2. The molecule has 4 aromatic rings. The summed E-state index contributed by atoms with van der Waals surface area (Å²) < 4.78 is 12.0. The van der Waals surface area contributed by atoms with Crippen LogP contribution in [0.4, 0.5) is 0 Å². The Labute approximate surface area is 181 Å². The van der Waals surface area contributed by atoms with E-state index in [4.69, 9.17) is 14.7 Å². The molecule has 0 atom stereocenters. The van der Waals surface area contributed by atoms with Crippen molar-refractivity contribution < 1.29 is 9.47 Å². The molecule has 0 amide bonds. The molecule has 1 saturated heterocycles. The van der Waals surface area contributed by atoms with Crippen LogP contribution in [0.15, 0.2) is 91.0 Å². The van der Waals surface area contributed by atoms with E-state index in [1.807, 2.05) is 78.9 Å². The van der Waals surface area contributed by atoms with Crippen LogP contribution in [0.2, 0.25) is 0 Å². The van der Waals surface area contributed by atoms with Crippen LogP contribution in [0.25, 0.3) is 10.8 Å². The highest BCUT2D eigenvalue weighted by atomic mass is 16.5. The lowest BCUT2D eigenvalue weighted by Crippen LogP contribution is -2.53. The van der Waals surface area contributed by atoms with Gasteiger partial charge in [0.05, 0.1) is 11.6 Å². The largest absolute Gasteiger partial charge is 0.488 e. The molecule has 0 saturated carbocycles. The highest BCUT2D eigenvalue weighted by Crippen LogP contribution is 2.26. The van der Waals surface area contributed by atoms with Gasteiger partial charge in [-0.1, -0.05) is 42.5 Å². The van der Waals surface area contributed by atoms with E-state index in [-0.39, 0.29) is 6.10 Å². The minimum atomic E-state index is 0.205. The van der Waals surface area contributed by atoms with Gasteiger partial charge in [-0.3, -0.25) is 4.90 Å². The van der Waals surface area contributed by atoms with Crippen LogP contribution in [0.3, 0.4) is 0 Å². The number of fused-ring (bicyclic) bond motifs is 1. The highest BCUT2D eigenvalue weighted by Gasteiger charge is 2.28. The van der Waals surface area contributed by atoms with Crippen molar-refractivity contribution in [2.75, 3.05) is 13.1 Å². The number of nitriles is 1. The lowest BCUT2D eigenvalue weighted by atomic mass is 10.1. The Bertz CT molecular complexity index is 1220. The van der Waals surface area contributed by atoms with Crippen LogP contribution in [-0.2, 0) is 6.54 Å². The van der Waals surface area contributed by atoms with Crippen molar-refractivity contribution in [2.24, 2.45) is 0 Å². The van der Waals surface area contributed by atoms with E-state index in [2.05, 4.69) is 23.1 Å². The molecule has 31 heavy (non-hydrogen) atoms. The van der Waals surface area contributed by atoms with Crippen molar-refractivity contribution in [3.63, 3.8) is 0 Å². The van der Waals surface area contributed by atoms with Gasteiger partial charge < -0.3 is 9.47 Å². The molecule has 1 aliphatic heterocycles. The second-order valence-electron chi connectivity index (χ2n) is 7.83. The first-order valence-corrected chi connectivity index (χ1v) is 10.4. The van der Waals surface area contributed by atoms with Crippen LogP contribution in [-0.4, -0.2) is 24.1 Å². The van der Waals surface area contributed by atoms with Gasteiger partial charge in [0.15, 0.2) is 0 Å². The Kier molecular flexibility index (Phi) is 5.26. The molecule has 0 bridgehead atoms. The first-order chi connectivity index (χ1) is 15.2. The summed E-state index contributed by atoms with van der Waals surface area (Å²) in [5.74, 6) is 2.57. The summed E-state index contributed by atoms with van der Waals surface area (Å²) in [5, 5.41) is 11.2. The minimum Gasteiger partial charge on any atom is -0.488 e. The van der Waals surface area contributed by atoms with E-state index in [0.29, 0.717) is 5.56 Å². The van der Waals surface area contributed by atoms with Crippen LogP contribution in [0.1, 0.15) is 11.1 Å². The number of likely N-dealkylation sites (tertiary alicyclic amines) is 1. The van der Waals surface area contributed by atoms with E-state index < -0.39 is 0 Å². The lowest BCUT2D eigenvalue weighted by molar-refractivity contribution is 0.0146. The third-order valence-corrected chi connectivity index (χ3v) is 5.48. The van der Waals surface area contributed by atoms with Gasteiger partial charge in [0.25, 0.3) is 0 Å². The summed E-state index contributed by atoms with van der Waals surface area (Å²) in [6.45, 7) is 2.72. The highest BCUT2D eigenvalue weighted by molar-refractivity contribution is 5.85. The summed E-state index contributed by atoms with van der Waals surface area (Å²) in [4.78, 5) is 2.37. The smallest absolute Gasteiger partial charge is 0.127 e. The fourth-order valence-electron chi connectivity index (χ4n) is 3.83. The zero-order chi connectivity index (χ0) is 21.0. The quantitative estimate of drug-likeness (QED) is 0.408. The Morgan fingerprint density at radius 3 is 2.23 bits per heavy atom. The lowest BCUT2D eigenvalue weighted by Gasteiger charge is -2.39. The maximum Gasteiger partial charge on any atom is 0.127 e. The van der Waals surface area contributed by atoms with Gasteiger partial charge in [0, 0.05) is 19.6 Å². The third-order valence-electron chi connectivity index (χ3n) is 5.48. The Morgan fingerprint density at radius 2 is 1.45 bits per heavy atom. The summed E-state index contributed by atoms with van der Waals surface area (Å²) in [6, 6.07) is 32.0. The van der Waals surface area contributed by atoms with Crippen molar-refractivity contribution in [3.05, 3.63) is 102 Å². The van der Waals surface area contributed by atoms with Crippen molar-refractivity contribution >= 4 is 10.8 Å². The van der Waals surface area contributed by atoms with Crippen LogP contribution in [0.5, 0.6) is 17.2 Å². The van der Waals surface area contributed by atoms with Crippen LogP contribution >= 0.6 is 0 Å². The number of ether oxygens (including phenoxy) is 2. The molecule has 0 radical (unpaired) electrons. The number of nitrogens with zero attached hydrogens (tertiary/aromatic N) is 2. The van der Waals surface area contributed by atoms with E-state index in [0.717, 1.165) is 47.7 Å². The molecule has 4 nitrogen and oxygen atoms in total. The molecule has 0 spiro atoms. The molecule has 4 aromatic carbocycles. The molecule has 0 unspecified atom stereocenters. The normalized spacial score (nSPS) is 14.0. The Morgan fingerprint density at radius 1 is 0.774 bits per heavy atom. The van der Waals surface area contributed by atoms with Gasteiger partial charge in [0.2, 0.25) is 0 Å². The van der Waals surface area contributed by atoms with E-state index in [9.17, 15) is 0 Å². The average Bonchev–Trinajstić information content (AvgIpc) is 2.79. The van der Waals surface area contributed by atoms with Gasteiger partial charge in [-0.15, -0.1) is 0 Å². The molecule has 1 heterocycles. The number of hydrogen-bond acceptors (Lipinski definition) is 4. The second-order valence-corrected chi connectivity index (χ2v) is 7.83. The monoisotopic (exact) mass is 406 g/mol. The molecule has 4 heteroatoms. The van der Waals surface area contributed by atoms with Gasteiger partial charge in [-0.05, 0) is 64.9 Å². The maximum atomic E-state index is 9.03. The molecule has 0 aromatic heterocycles.